The lowest BCUT2D eigenvalue weighted by Crippen LogP contribution is -2.61. The normalized spacial score (nSPS) is 27.4. The molecule has 0 radical (unpaired) electrons. The predicted molar refractivity (Wildman–Crippen MR) is 105 cm³/mol. The van der Waals surface area contributed by atoms with Gasteiger partial charge in [-0.15, -0.1) is 0 Å². The summed E-state index contributed by atoms with van der Waals surface area (Å²) in [7, 11) is 4.22. The molecule has 1 aromatic rings. The number of nitrogens with zero attached hydrogens (tertiary/aromatic N) is 2. The van der Waals surface area contributed by atoms with Gasteiger partial charge in [-0.25, -0.2) is 4.79 Å². The molecule has 3 heterocycles. The number of hydrogen-bond donors (Lipinski definition) is 0. The predicted octanol–water partition coefficient (Wildman–Crippen LogP) is 2.13. The zero-order valence-corrected chi connectivity index (χ0v) is 16.8. The van der Waals surface area contributed by atoms with Crippen LogP contribution in [0.4, 0.5) is 0 Å². The van der Waals surface area contributed by atoms with Crippen molar-refractivity contribution in [2.24, 2.45) is 5.10 Å². The van der Waals surface area contributed by atoms with E-state index in [4.69, 9.17) is 19.3 Å². The number of hydrogen-bond acceptors (Lipinski definition) is 8. The summed E-state index contributed by atoms with van der Waals surface area (Å²) >= 11 is 1.20. The van der Waals surface area contributed by atoms with E-state index in [0.717, 1.165) is 11.1 Å². The number of methoxy groups -OCH3 is 3. The average Bonchev–Trinajstić information content (AvgIpc) is 2.96. The molecule has 0 fully saturated rings. The van der Waals surface area contributed by atoms with E-state index >= 15 is 0 Å². The smallest absolute Gasteiger partial charge is 0.335 e. The van der Waals surface area contributed by atoms with Crippen LogP contribution in [0, 0.1) is 0 Å². The first-order valence-corrected chi connectivity index (χ1v) is 9.56. The molecule has 0 aliphatic carbocycles. The van der Waals surface area contributed by atoms with Gasteiger partial charge in [0, 0.05) is 0 Å². The number of para-hydroxylation sites is 1. The third-order valence-corrected chi connectivity index (χ3v) is 6.74. The number of carbonyl (C=O) groups excluding carboxylic acids is 2. The van der Waals surface area contributed by atoms with Gasteiger partial charge in [-0.05, 0) is 30.7 Å². The van der Waals surface area contributed by atoms with Crippen LogP contribution in [-0.4, -0.2) is 60.2 Å². The van der Waals surface area contributed by atoms with E-state index in [-0.39, 0.29) is 11.6 Å². The molecule has 0 saturated carbocycles. The fourth-order valence-electron chi connectivity index (χ4n) is 3.96. The molecule has 1 aromatic carbocycles. The molecule has 28 heavy (non-hydrogen) atoms. The Bertz CT molecular complexity index is 954. The number of rotatable bonds is 4. The van der Waals surface area contributed by atoms with Gasteiger partial charge in [-0.1, -0.05) is 30.0 Å². The molecule has 146 valence electrons. The van der Waals surface area contributed by atoms with Crippen molar-refractivity contribution < 1.29 is 23.8 Å². The summed E-state index contributed by atoms with van der Waals surface area (Å²) in [5.74, 6) is -0.427. The van der Waals surface area contributed by atoms with Crippen LogP contribution < -0.4 is 4.74 Å². The lowest BCUT2D eigenvalue weighted by Gasteiger charge is -2.47. The number of thioether (sulfide) groups is 1. The van der Waals surface area contributed by atoms with Gasteiger partial charge in [0.15, 0.2) is 4.75 Å². The molecule has 3 aliphatic heterocycles. The molecule has 4 bridgehead atoms. The number of esters is 2. The van der Waals surface area contributed by atoms with Gasteiger partial charge in [0.05, 0.1) is 44.5 Å². The summed E-state index contributed by atoms with van der Waals surface area (Å²) in [6.45, 7) is 1.96. The Balaban J connectivity index is 1.94. The minimum absolute atomic E-state index is 0.220. The Kier molecular flexibility index (Phi) is 4.45. The molecule has 3 atom stereocenters. The van der Waals surface area contributed by atoms with Gasteiger partial charge in [0.2, 0.25) is 0 Å². The number of carbonyl (C=O) groups is 2. The standard InChI is InChI=1S/C20H20N2O5S/c1-11-9-16-20(19(24)27-4)13(18(23)26-3)10-14(11)22(16)21-17(28-20)12-7-5-6-8-15(12)25-2/h5-10,14,16H,1-4H3. The Hall–Kier alpha value is -2.74. The molecular formula is C20H20N2O5S. The Labute approximate surface area is 167 Å². The van der Waals surface area contributed by atoms with Crippen molar-refractivity contribution in [3.8, 4) is 5.75 Å². The van der Waals surface area contributed by atoms with Crippen LogP contribution in [0.1, 0.15) is 12.5 Å². The summed E-state index contributed by atoms with van der Waals surface area (Å²) < 4.78 is 14.3. The maximum atomic E-state index is 13.1. The molecular weight excluding hydrogens is 380 g/mol. The highest BCUT2D eigenvalue weighted by Gasteiger charge is 2.63. The first-order chi connectivity index (χ1) is 13.5. The number of ether oxygens (including phenoxy) is 3. The fraction of sp³-hybridized carbons (Fsp3) is 0.350. The number of hydrazone groups is 1. The molecule has 4 rings (SSSR count). The highest BCUT2D eigenvalue weighted by molar-refractivity contribution is 8.16. The van der Waals surface area contributed by atoms with E-state index in [9.17, 15) is 9.59 Å². The molecule has 0 N–H and O–H groups in total. The minimum Gasteiger partial charge on any atom is -0.496 e. The van der Waals surface area contributed by atoms with Crippen molar-refractivity contribution in [3.63, 3.8) is 0 Å². The van der Waals surface area contributed by atoms with Crippen molar-refractivity contribution in [3.05, 3.63) is 53.1 Å². The van der Waals surface area contributed by atoms with Crippen molar-refractivity contribution in [1.82, 2.24) is 5.01 Å². The SMILES string of the molecule is COC(=O)C1=CC2C(C)=CC3N2N=C(c2ccccc2OC)SC13C(=O)OC. The monoisotopic (exact) mass is 400 g/mol. The fourth-order valence-corrected chi connectivity index (χ4v) is 5.40. The molecule has 0 saturated heterocycles. The largest absolute Gasteiger partial charge is 0.496 e. The second-order valence-corrected chi connectivity index (χ2v) is 7.92. The highest BCUT2D eigenvalue weighted by Crippen LogP contribution is 2.53. The summed E-state index contributed by atoms with van der Waals surface area (Å²) in [5.41, 5.74) is 2.05. The maximum absolute atomic E-state index is 13.1. The Morgan fingerprint density at radius 2 is 1.89 bits per heavy atom. The van der Waals surface area contributed by atoms with Crippen molar-refractivity contribution in [2.75, 3.05) is 21.3 Å². The molecule has 7 nitrogen and oxygen atoms in total. The van der Waals surface area contributed by atoms with Gasteiger partial charge >= 0.3 is 11.9 Å². The van der Waals surface area contributed by atoms with Gasteiger partial charge in [0.25, 0.3) is 0 Å². The molecule has 8 heteroatoms. The van der Waals surface area contributed by atoms with Gasteiger partial charge < -0.3 is 14.2 Å². The lowest BCUT2D eigenvalue weighted by atomic mass is 9.87. The van der Waals surface area contributed by atoms with Crippen LogP contribution in [0.3, 0.4) is 0 Å². The van der Waals surface area contributed by atoms with Crippen LogP contribution in [0.25, 0.3) is 0 Å². The summed E-state index contributed by atoms with van der Waals surface area (Å²) in [4.78, 5) is 25.8. The van der Waals surface area contributed by atoms with Crippen LogP contribution >= 0.6 is 11.8 Å². The van der Waals surface area contributed by atoms with Crippen molar-refractivity contribution in [2.45, 2.75) is 23.8 Å². The second kappa shape index (κ2) is 6.70. The van der Waals surface area contributed by atoms with E-state index in [0.29, 0.717) is 10.8 Å². The van der Waals surface area contributed by atoms with E-state index in [1.807, 2.05) is 42.3 Å². The van der Waals surface area contributed by atoms with E-state index in [2.05, 4.69) is 0 Å². The topological polar surface area (TPSA) is 77.4 Å². The van der Waals surface area contributed by atoms with Crippen LogP contribution in [0.15, 0.2) is 52.7 Å². The molecule has 0 aromatic heterocycles. The molecule has 3 unspecified atom stereocenters. The average molecular weight is 400 g/mol. The first-order valence-electron chi connectivity index (χ1n) is 8.74. The summed E-state index contributed by atoms with van der Waals surface area (Å²) in [6, 6.07) is 6.79. The summed E-state index contributed by atoms with van der Waals surface area (Å²) in [6.07, 6.45) is 3.73. The minimum atomic E-state index is -1.31. The second-order valence-electron chi connectivity index (χ2n) is 6.69. The zero-order chi connectivity index (χ0) is 20.1. The third-order valence-electron chi connectivity index (χ3n) is 5.29. The molecule has 0 amide bonds. The maximum Gasteiger partial charge on any atom is 0.335 e. The Morgan fingerprint density at radius 3 is 2.57 bits per heavy atom. The summed E-state index contributed by atoms with van der Waals surface area (Å²) in [5, 5.41) is 7.26. The van der Waals surface area contributed by atoms with Crippen LogP contribution in [-0.2, 0) is 19.1 Å². The number of benzene rings is 1. The van der Waals surface area contributed by atoms with E-state index < -0.39 is 22.7 Å². The lowest BCUT2D eigenvalue weighted by molar-refractivity contribution is -0.147. The zero-order valence-electron chi connectivity index (χ0n) is 16.0. The van der Waals surface area contributed by atoms with Crippen molar-refractivity contribution >= 4 is 28.7 Å². The third kappa shape index (κ3) is 2.40. The van der Waals surface area contributed by atoms with Crippen molar-refractivity contribution in [1.29, 1.82) is 0 Å². The van der Waals surface area contributed by atoms with Gasteiger partial charge in [-0.3, -0.25) is 9.80 Å². The van der Waals surface area contributed by atoms with Crippen LogP contribution in [0.2, 0.25) is 0 Å². The van der Waals surface area contributed by atoms with Gasteiger partial charge in [0.1, 0.15) is 10.8 Å². The molecule has 0 spiro atoms. The highest BCUT2D eigenvalue weighted by atomic mass is 32.2. The van der Waals surface area contributed by atoms with E-state index in [1.54, 1.807) is 13.2 Å². The quantitative estimate of drug-likeness (QED) is 0.566. The van der Waals surface area contributed by atoms with E-state index in [1.165, 1.54) is 26.0 Å². The first kappa shape index (κ1) is 18.6. The van der Waals surface area contributed by atoms with Gasteiger partial charge in [-0.2, -0.15) is 5.10 Å². The van der Waals surface area contributed by atoms with Crippen LogP contribution in [0.5, 0.6) is 5.75 Å². The Morgan fingerprint density at radius 1 is 1.14 bits per heavy atom. The molecule has 3 aliphatic rings.